The first kappa shape index (κ1) is 22.9. The number of hydrogen-bond donors (Lipinski definition) is 1. The lowest BCUT2D eigenvalue weighted by atomic mass is 9.97. The normalized spacial score (nSPS) is 18.2. The Kier molecular flexibility index (Phi) is 7.40. The van der Waals surface area contributed by atoms with E-state index in [1.165, 1.54) is 23.5 Å². The minimum Gasteiger partial charge on any atom is -0.469 e. The van der Waals surface area contributed by atoms with Crippen LogP contribution in [0.3, 0.4) is 0 Å². The first-order valence-corrected chi connectivity index (χ1v) is 11.4. The van der Waals surface area contributed by atoms with Gasteiger partial charge in [0.05, 0.1) is 30.4 Å². The van der Waals surface area contributed by atoms with Gasteiger partial charge in [-0.2, -0.15) is 4.31 Å². The second-order valence-electron chi connectivity index (χ2n) is 7.41. The molecule has 0 saturated carbocycles. The second kappa shape index (κ2) is 10.0. The van der Waals surface area contributed by atoms with E-state index in [0.29, 0.717) is 12.8 Å². The lowest BCUT2D eigenvalue weighted by molar-refractivity contribution is -0.141. The van der Waals surface area contributed by atoms with Gasteiger partial charge in [-0.3, -0.25) is 9.59 Å². The van der Waals surface area contributed by atoms with Gasteiger partial charge in [-0.1, -0.05) is 30.3 Å². The lowest BCUT2D eigenvalue weighted by Crippen LogP contribution is -2.46. The van der Waals surface area contributed by atoms with Crippen LogP contribution in [-0.4, -0.2) is 44.8 Å². The van der Waals surface area contributed by atoms with Gasteiger partial charge in [-0.25, -0.2) is 12.8 Å². The molecule has 0 aromatic heterocycles. The molecule has 1 fully saturated rings. The summed E-state index contributed by atoms with van der Waals surface area (Å²) in [6, 6.07) is 13.1. The van der Waals surface area contributed by atoms with Crippen molar-refractivity contribution in [1.29, 1.82) is 0 Å². The van der Waals surface area contributed by atoms with Gasteiger partial charge < -0.3 is 10.1 Å². The first-order chi connectivity index (χ1) is 14.8. The number of ether oxygens (including phenoxy) is 1. The average Bonchev–Trinajstić information content (AvgIpc) is 2.79. The van der Waals surface area contributed by atoms with E-state index in [0.717, 1.165) is 17.7 Å². The number of carbonyl (C=O) groups is 2. The highest BCUT2D eigenvalue weighted by molar-refractivity contribution is 7.89. The Bertz CT molecular complexity index is 1010. The second-order valence-corrected chi connectivity index (χ2v) is 9.35. The average molecular weight is 449 g/mol. The number of rotatable bonds is 7. The van der Waals surface area contributed by atoms with E-state index in [-0.39, 0.29) is 30.3 Å². The van der Waals surface area contributed by atoms with Crippen molar-refractivity contribution >= 4 is 21.9 Å². The molecule has 0 unspecified atom stereocenters. The molecular weight excluding hydrogens is 423 g/mol. The molecule has 9 heteroatoms. The number of halogens is 1. The Morgan fingerprint density at radius 3 is 2.48 bits per heavy atom. The fourth-order valence-corrected chi connectivity index (χ4v) is 5.13. The Labute approximate surface area is 181 Å². The van der Waals surface area contributed by atoms with Crippen molar-refractivity contribution in [3.05, 3.63) is 66.0 Å². The molecule has 0 bridgehead atoms. The predicted molar refractivity (Wildman–Crippen MR) is 112 cm³/mol. The van der Waals surface area contributed by atoms with Gasteiger partial charge in [0, 0.05) is 13.1 Å². The molecule has 1 saturated heterocycles. The molecule has 31 heavy (non-hydrogen) atoms. The quantitative estimate of drug-likeness (QED) is 0.658. The number of piperidine rings is 1. The molecule has 1 heterocycles. The van der Waals surface area contributed by atoms with E-state index in [1.807, 2.05) is 18.2 Å². The third-order valence-electron chi connectivity index (χ3n) is 5.32. The zero-order chi connectivity index (χ0) is 22.4. The summed E-state index contributed by atoms with van der Waals surface area (Å²) in [5.41, 5.74) is 0.757. The summed E-state index contributed by atoms with van der Waals surface area (Å²) in [6.45, 7) is 0.305. The molecule has 2 aromatic rings. The number of nitrogens with one attached hydrogen (secondary N) is 1. The van der Waals surface area contributed by atoms with Crippen LogP contribution in [0.4, 0.5) is 4.39 Å². The number of benzene rings is 2. The monoisotopic (exact) mass is 448 g/mol. The number of esters is 1. The van der Waals surface area contributed by atoms with Crippen molar-refractivity contribution in [2.24, 2.45) is 5.92 Å². The fourth-order valence-electron chi connectivity index (χ4n) is 3.61. The standard InChI is InChI=1S/C22H25FN2O5S/c1-30-21(26)14-20(16-6-3-2-4-7-16)24-22(27)17-8-5-13-25(15-17)31(28,29)19-11-9-18(23)10-12-19/h2-4,6-7,9-12,17,20H,5,8,13-15H2,1H3,(H,24,27)/t17-,20-/m0/s1. The largest absolute Gasteiger partial charge is 0.469 e. The summed E-state index contributed by atoms with van der Waals surface area (Å²) < 4.78 is 45.0. The molecule has 0 aliphatic carbocycles. The van der Waals surface area contributed by atoms with E-state index in [1.54, 1.807) is 12.1 Å². The predicted octanol–water partition coefficient (Wildman–Crippen LogP) is 2.65. The van der Waals surface area contributed by atoms with Crippen LogP contribution < -0.4 is 5.32 Å². The molecule has 0 radical (unpaired) electrons. The minimum atomic E-state index is -3.84. The van der Waals surface area contributed by atoms with Crippen molar-refractivity contribution in [3.63, 3.8) is 0 Å². The Morgan fingerprint density at radius 2 is 1.84 bits per heavy atom. The number of nitrogens with zero attached hydrogens (tertiary/aromatic N) is 1. The molecule has 2 atom stereocenters. The van der Waals surface area contributed by atoms with Gasteiger partial charge in [0.2, 0.25) is 15.9 Å². The van der Waals surface area contributed by atoms with Crippen molar-refractivity contribution in [2.45, 2.75) is 30.2 Å². The Morgan fingerprint density at radius 1 is 1.16 bits per heavy atom. The molecule has 3 rings (SSSR count). The third kappa shape index (κ3) is 5.68. The lowest BCUT2D eigenvalue weighted by Gasteiger charge is -2.32. The molecule has 1 aliphatic rings. The van der Waals surface area contributed by atoms with Crippen LogP contribution in [0.1, 0.15) is 30.9 Å². The maximum atomic E-state index is 13.2. The number of sulfonamides is 1. The number of amides is 1. The molecule has 2 aromatic carbocycles. The summed E-state index contributed by atoms with van der Waals surface area (Å²) in [4.78, 5) is 24.8. The SMILES string of the molecule is COC(=O)C[C@H](NC(=O)[C@H]1CCCN(S(=O)(=O)c2ccc(F)cc2)C1)c1ccccc1. The zero-order valence-corrected chi connectivity index (χ0v) is 18.0. The highest BCUT2D eigenvalue weighted by atomic mass is 32.2. The van der Waals surface area contributed by atoms with Crippen molar-refractivity contribution < 1.29 is 27.1 Å². The minimum absolute atomic E-state index is 0.0113. The zero-order valence-electron chi connectivity index (χ0n) is 17.2. The maximum absolute atomic E-state index is 13.2. The number of carbonyl (C=O) groups excluding carboxylic acids is 2. The van der Waals surface area contributed by atoms with Gasteiger partial charge in [-0.05, 0) is 42.7 Å². The molecule has 1 aliphatic heterocycles. The molecule has 7 nitrogen and oxygen atoms in total. The maximum Gasteiger partial charge on any atom is 0.307 e. The van der Waals surface area contributed by atoms with Gasteiger partial charge in [-0.15, -0.1) is 0 Å². The Balaban J connectivity index is 1.73. The third-order valence-corrected chi connectivity index (χ3v) is 7.20. The summed E-state index contributed by atoms with van der Waals surface area (Å²) in [5, 5.41) is 2.88. The van der Waals surface area contributed by atoms with Crippen LogP contribution >= 0.6 is 0 Å². The van der Waals surface area contributed by atoms with Crippen LogP contribution in [-0.2, 0) is 24.3 Å². The summed E-state index contributed by atoms with van der Waals surface area (Å²) in [5.74, 6) is -1.87. The molecular formula is C22H25FN2O5S. The van der Waals surface area contributed by atoms with Gasteiger partial charge in [0.1, 0.15) is 5.82 Å². The highest BCUT2D eigenvalue weighted by Crippen LogP contribution is 2.25. The van der Waals surface area contributed by atoms with E-state index < -0.39 is 33.8 Å². The Hall–Kier alpha value is -2.78. The molecule has 1 amide bonds. The molecule has 0 spiro atoms. The van der Waals surface area contributed by atoms with Crippen molar-refractivity contribution in [3.8, 4) is 0 Å². The molecule has 1 N–H and O–H groups in total. The van der Waals surface area contributed by atoms with E-state index in [4.69, 9.17) is 4.74 Å². The topological polar surface area (TPSA) is 92.8 Å². The van der Waals surface area contributed by atoms with Gasteiger partial charge >= 0.3 is 5.97 Å². The van der Waals surface area contributed by atoms with E-state index in [2.05, 4.69) is 5.32 Å². The van der Waals surface area contributed by atoms with Crippen LogP contribution in [0, 0.1) is 11.7 Å². The number of methoxy groups -OCH3 is 1. The van der Waals surface area contributed by atoms with E-state index >= 15 is 0 Å². The fraction of sp³-hybridized carbons (Fsp3) is 0.364. The summed E-state index contributed by atoms with van der Waals surface area (Å²) in [6.07, 6.45) is 1.02. The van der Waals surface area contributed by atoms with Crippen LogP contribution in [0.2, 0.25) is 0 Å². The van der Waals surface area contributed by atoms with Gasteiger partial charge in [0.25, 0.3) is 0 Å². The van der Waals surface area contributed by atoms with Crippen molar-refractivity contribution in [1.82, 2.24) is 9.62 Å². The summed E-state index contributed by atoms with van der Waals surface area (Å²) >= 11 is 0. The smallest absolute Gasteiger partial charge is 0.307 e. The van der Waals surface area contributed by atoms with Crippen molar-refractivity contribution in [2.75, 3.05) is 20.2 Å². The van der Waals surface area contributed by atoms with Crippen LogP contribution in [0.5, 0.6) is 0 Å². The van der Waals surface area contributed by atoms with Crippen LogP contribution in [0.25, 0.3) is 0 Å². The molecule has 166 valence electrons. The van der Waals surface area contributed by atoms with E-state index in [9.17, 15) is 22.4 Å². The number of hydrogen-bond acceptors (Lipinski definition) is 5. The van der Waals surface area contributed by atoms with Crippen LogP contribution in [0.15, 0.2) is 59.5 Å². The van der Waals surface area contributed by atoms with Gasteiger partial charge in [0.15, 0.2) is 0 Å². The highest BCUT2D eigenvalue weighted by Gasteiger charge is 2.34. The first-order valence-electron chi connectivity index (χ1n) is 9.99. The summed E-state index contributed by atoms with van der Waals surface area (Å²) in [7, 11) is -2.55.